The molecule has 0 aliphatic heterocycles. The van der Waals surface area contributed by atoms with Gasteiger partial charge in [0.25, 0.3) is 0 Å². The Morgan fingerprint density at radius 1 is 0.824 bits per heavy atom. The van der Waals surface area contributed by atoms with Crippen LogP contribution in [0.4, 0.5) is 0 Å². The summed E-state index contributed by atoms with van der Waals surface area (Å²) in [6.45, 7) is 0. The van der Waals surface area contributed by atoms with Crippen molar-refractivity contribution in [2.45, 2.75) is 5.92 Å². The number of hydrogen-bond acceptors (Lipinski definition) is 1. The van der Waals surface area contributed by atoms with Crippen molar-refractivity contribution < 1.29 is 0 Å². The Bertz CT molecular complexity index is 568. The minimum Gasteiger partial charge on any atom is -0.197 e. The Morgan fingerprint density at radius 3 is 2.00 bits per heavy atom. The predicted molar refractivity (Wildman–Crippen MR) is 68.1 cm³/mol. The molecule has 0 aromatic heterocycles. The number of rotatable bonds is 1. The van der Waals surface area contributed by atoms with Crippen LogP contribution >= 0.6 is 0 Å². The maximum absolute atomic E-state index is 9.10. The van der Waals surface area contributed by atoms with Crippen LogP contribution < -0.4 is 0 Å². The van der Waals surface area contributed by atoms with E-state index in [4.69, 9.17) is 5.26 Å². The smallest absolute Gasteiger partial charge is 0.132 e. The molecule has 0 fully saturated rings. The highest BCUT2D eigenvalue weighted by molar-refractivity contribution is 5.40. The lowest BCUT2D eigenvalue weighted by Crippen LogP contribution is -1.91. The molecule has 1 heteroatoms. The van der Waals surface area contributed by atoms with Crippen molar-refractivity contribution in [1.29, 1.82) is 5.26 Å². The average molecular weight is 217 g/mol. The minimum atomic E-state index is -0.364. The third kappa shape index (κ3) is 2.97. The number of hydrogen-bond donors (Lipinski definition) is 0. The maximum atomic E-state index is 9.10. The van der Waals surface area contributed by atoms with Crippen molar-refractivity contribution in [3.8, 4) is 17.9 Å². The van der Waals surface area contributed by atoms with Crippen molar-refractivity contribution in [3.05, 3.63) is 71.8 Å². The lowest BCUT2D eigenvalue weighted by molar-refractivity contribution is 1.13. The molecule has 0 heterocycles. The van der Waals surface area contributed by atoms with Gasteiger partial charge in [0.1, 0.15) is 5.92 Å². The van der Waals surface area contributed by atoms with Crippen LogP contribution in [0.15, 0.2) is 60.7 Å². The monoisotopic (exact) mass is 217 g/mol. The average Bonchev–Trinajstić information content (AvgIpc) is 2.42. The molecule has 2 aromatic carbocycles. The molecule has 0 saturated carbocycles. The molecular weight excluding hydrogens is 206 g/mol. The molecule has 0 radical (unpaired) electrons. The van der Waals surface area contributed by atoms with Crippen molar-refractivity contribution in [2.24, 2.45) is 0 Å². The van der Waals surface area contributed by atoms with Crippen LogP contribution in [0, 0.1) is 23.2 Å². The van der Waals surface area contributed by atoms with Crippen LogP contribution in [0.1, 0.15) is 17.0 Å². The van der Waals surface area contributed by atoms with Gasteiger partial charge in [-0.05, 0) is 17.7 Å². The van der Waals surface area contributed by atoms with Gasteiger partial charge in [0.15, 0.2) is 0 Å². The first kappa shape index (κ1) is 11.0. The normalized spacial score (nSPS) is 10.8. The first-order valence-corrected chi connectivity index (χ1v) is 5.41. The SMILES string of the molecule is N#CC(C#Cc1ccccc1)c1ccccc1. The summed E-state index contributed by atoms with van der Waals surface area (Å²) in [6, 6.07) is 21.5. The molecule has 0 saturated heterocycles. The summed E-state index contributed by atoms with van der Waals surface area (Å²) in [5, 5.41) is 9.10. The van der Waals surface area contributed by atoms with Crippen molar-refractivity contribution in [2.75, 3.05) is 0 Å². The minimum absolute atomic E-state index is 0.364. The van der Waals surface area contributed by atoms with Gasteiger partial charge in [-0.2, -0.15) is 5.26 Å². The third-order valence-electron chi connectivity index (χ3n) is 2.40. The zero-order valence-corrected chi connectivity index (χ0v) is 9.30. The molecule has 0 amide bonds. The third-order valence-corrected chi connectivity index (χ3v) is 2.40. The highest BCUT2D eigenvalue weighted by atomic mass is 14.3. The fourth-order valence-corrected chi connectivity index (χ4v) is 1.51. The Labute approximate surface area is 101 Å². The van der Waals surface area contributed by atoms with Gasteiger partial charge in [-0.25, -0.2) is 0 Å². The van der Waals surface area contributed by atoms with E-state index in [-0.39, 0.29) is 5.92 Å². The van der Waals surface area contributed by atoms with Gasteiger partial charge in [0.05, 0.1) is 6.07 Å². The van der Waals surface area contributed by atoms with Crippen LogP contribution in [-0.4, -0.2) is 0 Å². The molecule has 80 valence electrons. The van der Waals surface area contributed by atoms with Crippen molar-refractivity contribution >= 4 is 0 Å². The molecule has 1 atom stereocenters. The second-order valence-corrected chi connectivity index (χ2v) is 3.61. The summed E-state index contributed by atoms with van der Waals surface area (Å²) in [6.07, 6.45) is 0. The summed E-state index contributed by atoms with van der Waals surface area (Å²) in [4.78, 5) is 0. The van der Waals surface area contributed by atoms with Crippen LogP contribution in [0.25, 0.3) is 0 Å². The Balaban J connectivity index is 2.24. The van der Waals surface area contributed by atoms with Crippen molar-refractivity contribution in [3.63, 3.8) is 0 Å². The Kier molecular flexibility index (Phi) is 3.58. The molecule has 0 aliphatic rings. The van der Waals surface area contributed by atoms with Gasteiger partial charge >= 0.3 is 0 Å². The molecule has 0 aliphatic carbocycles. The van der Waals surface area contributed by atoms with Crippen LogP contribution in [0.3, 0.4) is 0 Å². The summed E-state index contributed by atoms with van der Waals surface area (Å²) in [5.41, 5.74) is 1.88. The summed E-state index contributed by atoms with van der Waals surface area (Å²) < 4.78 is 0. The summed E-state index contributed by atoms with van der Waals surface area (Å²) in [7, 11) is 0. The first-order valence-electron chi connectivity index (χ1n) is 5.41. The standard InChI is InChI=1S/C16H11N/c17-13-16(15-9-5-2-6-10-15)12-11-14-7-3-1-4-8-14/h1-10,16H. The molecule has 0 N–H and O–H groups in total. The van der Waals surface area contributed by atoms with Crippen LogP contribution in [-0.2, 0) is 0 Å². The zero-order chi connectivity index (χ0) is 11.9. The zero-order valence-electron chi connectivity index (χ0n) is 9.30. The second-order valence-electron chi connectivity index (χ2n) is 3.61. The van der Waals surface area contributed by atoms with E-state index < -0.39 is 0 Å². The number of nitrogens with zero attached hydrogens (tertiary/aromatic N) is 1. The summed E-state index contributed by atoms with van der Waals surface area (Å²) in [5.74, 6) is 5.65. The van der Waals surface area contributed by atoms with E-state index in [2.05, 4.69) is 17.9 Å². The summed E-state index contributed by atoms with van der Waals surface area (Å²) >= 11 is 0. The van der Waals surface area contributed by atoms with Gasteiger partial charge in [0, 0.05) is 5.56 Å². The highest BCUT2D eigenvalue weighted by Gasteiger charge is 2.04. The molecule has 1 nitrogen and oxygen atoms in total. The van der Waals surface area contributed by atoms with E-state index in [1.165, 1.54) is 0 Å². The fourth-order valence-electron chi connectivity index (χ4n) is 1.51. The highest BCUT2D eigenvalue weighted by Crippen LogP contribution is 2.13. The van der Waals surface area contributed by atoms with Gasteiger partial charge in [-0.3, -0.25) is 0 Å². The van der Waals surface area contributed by atoms with E-state index in [1.54, 1.807) is 0 Å². The molecule has 1 unspecified atom stereocenters. The topological polar surface area (TPSA) is 23.8 Å². The second kappa shape index (κ2) is 5.54. The van der Waals surface area contributed by atoms with E-state index in [0.29, 0.717) is 0 Å². The van der Waals surface area contributed by atoms with E-state index in [0.717, 1.165) is 11.1 Å². The number of nitriles is 1. The molecular formula is C16H11N. The quantitative estimate of drug-likeness (QED) is 0.672. The van der Waals surface area contributed by atoms with Crippen LogP contribution in [0.2, 0.25) is 0 Å². The molecule has 0 bridgehead atoms. The fraction of sp³-hybridized carbons (Fsp3) is 0.0625. The lowest BCUT2D eigenvalue weighted by atomic mass is 10.0. The Hall–Kier alpha value is -2.51. The number of benzene rings is 2. The lowest BCUT2D eigenvalue weighted by Gasteiger charge is -2.00. The predicted octanol–water partition coefficient (Wildman–Crippen LogP) is 3.35. The van der Waals surface area contributed by atoms with Gasteiger partial charge in [-0.15, -0.1) is 0 Å². The van der Waals surface area contributed by atoms with E-state index in [1.807, 2.05) is 60.7 Å². The largest absolute Gasteiger partial charge is 0.197 e. The van der Waals surface area contributed by atoms with Gasteiger partial charge in [-0.1, -0.05) is 60.4 Å². The molecule has 2 rings (SSSR count). The molecule has 2 aromatic rings. The van der Waals surface area contributed by atoms with Gasteiger partial charge < -0.3 is 0 Å². The van der Waals surface area contributed by atoms with Gasteiger partial charge in [0.2, 0.25) is 0 Å². The molecule has 17 heavy (non-hydrogen) atoms. The first-order chi connectivity index (χ1) is 8.40. The van der Waals surface area contributed by atoms with Crippen LogP contribution in [0.5, 0.6) is 0 Å². The van der Waals surface area contributed by atoms with Crippen molar-refractivity contribution in [1.82, 2.24) is 0 Å². The Morgan fingerprint density at radius 2 is 1.41 bits per heavy atom. The maximum Gasteiger partial charge on any atom is 0.132 e. The molecule has 0 spiro atoms. The van der Waals surface area contributed by atoms with E-state index >= 15 is 0 Å². The van der Waals surface area contributed by atoms with E-state index in [9.17, 15) is 0 Å².